The van der Waals surface area contributed by atoms with Crippen molar-refractivity contribution in [1.82, 2.24) is 5.32 Å². The minimum atomic E-state index is -0.671. The van der Waals surface area contributed by atoms with Gasteiger partial charge in [-0.15, -0.1) is 0 Å². The summed E-state index contributed by atoms with van der Waals surface area (Å²) in [7, 11) is 0. The second kappa shape index (κ2) is 8.70. The van der Waals surface area contributed by atoms with Crippen LogP contribution in [-0.2, 0) is 4.79 Å². The Morgan fingerprint density at radius 3 is 2.67 bits per heavy atom. The summed E-state index contributed by atoms with van der Waals surface area (Å²) in [4.78, 5) is 25.7. The minimum absolute atomic E-state index is 0.0586. The number of halogens is 2. The van der Waals surface area contributed by atoms with Crippen LogP contribution in [0.5, 0.6) is 0 Å². The molecule has 2 aromatic rings. The number of hydrogen-bond donors (Lipinski definition) is 1. The van der Waals surface area contributed by atoms with Crippen LogP contribution in [0.4, 0.5) is 10.1 Å². The van der Waals surface area contributed by atoms with Crippen LogP contribution >= 0.6 is 11.6 Å². The molecule has 2 aromatic carbocycles. The third kappa shape index (κ3) is 4.66. The second-order valence-electron chi connectivity index (χ2n) is 6.13. The number of piperidine rings is 1. The van der Waals surface area contributed by atoms with Gasteiger partial charge in [0.05, 0.1) is 17.1 Å². The lowest BCUT2D eigenvalue weighted by molar-refractivity contribution is -0.119. The molecule has 0 aliphatic carbocycles. The first-order valence-electron chi connectivity index (χ1n) is 8.68. The molecule has 0 radical (unpaired) electrons. The van der Waals surface area contributed by atoms with Crippen LogP contribution in [0, 0.1) is 17.7 Å². The molecule has 1 fully saturated rings. The first kappa shape index (κ1) is 18.9. The largest absolute Gasteiger partial charge is 0.341 e. The topological polar surface area (TPSA) is 49.4 Å². The highest BCUT2D eigenvalue weighted by Gasteiger charge is 2.19. The summed E-state index contributed by atoms with van der Waals surface area (Å²) in [5.41, 5.74) is 1.45. The van der Waals surface area contributed by atoms with Crippen LogP contribution in [0.1, 0.15) is 35.2 Å². The number of carbonyl (C=O) groups is 2. The van der Waals surface area contributed by atoms with E-state index in [0.717, 1.165) is 30.6 Å². The van der Waals surface area contributed by atoms with Crippen molar-refractivity contribution in [1.29, 1.82) is 0 Å². The second-order valence-corrected chi connectivity index (χ2v) is 6.54. The molecule has 1 N–H and O–H groups in total. The molecule has 1 aliphatic heterocycles. The SMILES string of the molecule is O=C(NCC#Cc1ccc(N2CCCCC2=O)cc1)c1c(F)cccc1Cl. The van der Waals surface area contributed by atoms with E-state index in [2.05, 4.69) is 17.2 Å². The Balaban J connectivity index is 1.58. The highest BCUT2D eigenvalue weighted by Crippen LogP contribution is 2.21. The number of rotatable bonds is 3. The summed E-state index contributed by atoms with van der Waals surface area (Å²) in [5, 5.41) is 2.59. The zero-order valence-corrected chi connectivity index (χ0v) is 15.4. The lowest BCUT2D eigenvalue weighted by Gasteiger charge is -2.26. The van der Waals surface area contributed by atoms with E-state index in [1.807, 2.05) is 24.3 Å². The molecule has 138 valence electrons. The van der Waals surface area contributed by atoms with Gasteiger partial charge < -0.3 is 10.2 Å². The number of benzene rings is 2. The summed E-state index contributed by atoms with van der Waals surface area (Å²) in [6.45, 7) is 0.810. The van der Waals surface area contributed by atoms with Gasteiger partial charge in [0, 0.05) is 24.2 Å². The molecule has 27 heavy (non-hydrogen) atoms. The maximum atomic E-state index is 13.7. The van der Waals surface area contributed by atoms with E-state index in [9.17, 15) is 14.0 Å². The molecule has 1 aliphatic rings. The first-order valence-corrected chi connectivity index (χ1v) is 9.05. The molecule has 3 rings (SSSR count). The van der Waals surface area contributed by atoms with Gasteiger partial charge in [0.25, 0.3) is 5.91 Å². The summed E-state index contributed by atoms with van der Waals surface area (Å²) in [6.07, 6.45) is 2.55. The van der Waals surface area contributed by atoms with Crippen molar-refractivity contribution in [3.8, 4) is 11.8 Å². The maximum Gasteiger partial charge on any atom is 0.256 e. The van der Waals surface area contributed by atoms with Gasteiger partial charge in [-0.25, -0.2) is 4.39 Å². The quantitative estimate of drug-likeness (QED) is 0.819. The van der Waals surface area contributed by atoms with E-state index < -0.39 is 11.7 Å². The lowest BCUT2D eigenvalue weighted by Crippen LogP contribution is -2.35. The van der Waals surface area contributed by atoms with E-state index in [1.165, 1.54) is 18.2 Å². The fraction of sp³-hybridized carbons (Fsp3) is 0.238. The normalized spacial score (nSPS) is 13.7. The number of hydrogen-bond acceptors (Lipinski definition) is 2. The van der Waals surface area contributed by atoms with E-state index >= 15 is 0 Å². The molecule has 0 spiro atoms. The lowest BCUT2D eigenvalue weighted by atomic mass is 10.1. The molecular weight excluding hydrogens is 367 g/mol. The van der Waals surface area contributed by atoms with Crippen LogP contribution < -0.4 is 10.2 Å². The van der Waals surface area contributed by atoms with Gasteiger partial charge in [0.1, 0.15) is 5.82 Å². The Morgan fingerprint density at radius 1 is 1.19 bits per heavy atom. The zero-order chi connectivity index (χ0) is 19.2. The fourth-order valence-corrected chi connectivity index (χ4v) is 3.13. The fourth-order valence-electron chi connectivity index (χ4n) is 2.88. The highest BCUT2D eigenvalue weighted by atomic mass is 35.5. The molecule has 1 heterocycles. The molecule has 0 aromatic heterocycles. The first-order chi connectivity index (χ1) is 13.1. The Morgan fingerprint density at radius 2 is 1.96 bits per heavy atom. The van der Waals surface area contributed by atoms with Gasteiger partial charge in [0.15, 0.2) is 0 Å². The van der Waals surface area contributed by atoms with Crippen molar-refractivity contribution in [2.75, 3.05) is 18.0 Å². The molecule has 0 unspecified atom stereocenters. The summed E-state index contributed by atoms with van der Waals surface area (Å²) >= 11 is 5.86. The number of nitrogens with one attached hydrogen (secondary N) is 1. The van der Waals surface area contributed by atoms with Gasteiger partial charge in [0.2, 0.25) is 5.91 Å². The molecule has 1 saturated heterocycles. The van der Waals surface area contributed by atoms with E-state index in [1.54, 1.807) is 4.90 Å². The van der Waals surface area contributed by atoms with Gasteiger partial charge in [-0.3, -0.25) is 9.59 Å². The molecule has 0 saturated carbocycles. The van der Waals surface area contributed by atoms with Crippen LogP contribution in [-0.4, -0.2) is 24.9 Å². The highest BCUT2D eigenvalue weighted by molar-refractivity contribution is 6.33. The van der Waals surface area contributed by atoms with Crippen molar-refractivity contribution in [3.63, 3.8) is 0 Å². The zero-order valence-electron chi connectivity index (χ0n) is 14.6. The van der Waals surface area contributed by atoms with E-state index in [-0.39, 0.29) is 23.0 Å². The average Bonchev–Trinajstić information content (AvgIpc) is 2.66. The Hall–Kier alpha value is -2.84. The van der Waals surface area contributed by atoms with Gasteiger partial charge in [-0.05, 0) is 49.2 Å². The predicted molar refractivity (Wildman–Crippen MR) is 103 cm³/mol. The summed E-state index contributed by atoms with van der Waals surface area (Å²) < 4.78 is 13.7. The van der Waals surface area contributed by atoms with Gasteiger partial charge in [-0.2, -0.15) is 0 Å². The molecule has 4 nitrogen and oxygen atoms in total. The van der Waals surface area contributed by atoms with Crippen molar-refractivity contribution in [2.24, 2.45) is 0 Å². The van der Waals surface area contributed by atoms with Crippen molar-refractivity contribution in [3.05, 3.63) is 64.4 Å². The molecule has 0 atom stereocenters. The van der Waals surface area contributed by atoms with Gasteiger partial charge in [-0.1, -0.05) is 29.5 Å². The summed E-state index contributed by atoms with van der Waals surface area (Å²) in [5.74, 6) is 4.62. The van der Waals surface area contributed by atoms with Crippen LogP contribution in [0.2, 0.25) is 5.02 Å². The number of anilines is 1. The Kier molecular flexibility index (Phi) is 6.10. The minimum Gasteiger partial charge on any atom is -0.341 e. The van der Waals surface area contributed by atoms with E-state index in [4.69, 9.17) is 11.6 Å². The third-order valence-corrected chi connectivity index (χ3v) is 4.58. The van der Waals surface area contributed by atoms with E-state index in [0.29, 0.717) is 6.42 Å². The standard InChI is InChI=1S/C21H18ClFN2O2/c22-17-6-3-7-18(23)20(17)21(27)24-13-4-5-15-9-11-16(12-10-15)25-14-2-1-8-19(25)26/h3,6-7,9-12H,1-2,8,13-14H2,(H,24,27). The van der Waals surface area contributed by atoms with Crippen molar-refractivity contribution >= 4 is 29.1 Å². The van der Waals surface area contributed by atoms with Gasteiger partial charge >= 0.3 is 0 Å². The molecular formula is C21H18ClFN2O2. The molecule has 6 heteroatoms. The smallest absolute Gasteiger partial charge is 0.256 e. The van der Waals surface area contributed by atoms with Crippen LogP contribution in [0.25, 0.3) is 0 Å². The number of carbonyl (C=O) groups excluding carboxylic acids is 2. The monoisotopic (exact) mass is 384 g/mol. The third-order valence-electron chi connectivity index (χ3n) is 4.26. The summed E-state index contributed by atoms with van der Waals surface area (Å²) in [6, 6.07) is 11.5. The Labute approximate surface area is 162 Å². The maximum absolute atomic E-state index is 13.7. The Bertz CT molecular complexity index is 896. The number of nitrogens with zero attached hydrogens (tertiary/aromatic N) is 1. The van der Waals surface area contributed by atoms with Crippen molar-refractivity contribution < 1.29 is 14.0 Å². The predicted octanol–water partition coefficient (Wildman–Crippen LogP) is 3.78. The average molecular weight is 385 g/mol. The van der Waals surface area contributed by atoms with Crippen LogP contribution in [0.3, 0.4) is 0 Å². The van der Waals surface area contributed by atoms with Crippen molar-refractivity contribution in [2.45, 2.75) is 19.3 Å². The molecule has 0 bridgehead atoms. The molecule has 2 amide bonds. The van der Waals surface area contributed by atoms with Crippen LogP contribution in [0.15, 0.2) is 42.5 Å². The number of amides is 2.